The summed E-state index contributed by atoms with van der Waals surface area (Å²) in [5.41, 5.74) is 5.65. The molecule has 0 fully saturated rings. The Labute approximate surface area is 192 Å². The number of halogens is 1. The first-order chi connectivity index (χ1) is 15.2. The number of rotatable bonds is 6. The monoisotopic (exact) mass is 449 g/mol. The van der Waals surface area contributed by atoms with Crippen molar-refractivity contribution in [3.63, 3.8) is 0 Å². The Morgan fingerprint density at radius 3 is 2.44 bits per heavy atom. The minimum atomic E-state index is -0.294. The first-order valence-corrected chi connectivity index (χ1v) is 10.4. The van der Waals surface area contributed by atoms with E-state index in [0.717, 1.165) is 28.1 Å². The number of nitrogens with one attached hydrogen (secondary N) is 1. The van der Waals surface area contributed by atoms with Gasteiger partial charge in [0.25, 0.3) is 5.91 Å². The molecule has 1 N–H and O–H groups in total. The number of hydrogen-bond acceptors (Lipinski definition) is 4. The van der Waals surface area contributed by atoms with Crippen molar-refractivity contribution in [3.05, 3.63) is 75.6 Å². The van der Waals surface area contributed by atoms with Gasteiger partial charge in [-0.1, -0.05) is 29.8 Å². The molecule has 1 aromatic heterocycles. The molecule has 0 aliphatic rings. The minimum Gasteiger partial charge on any atom is -0.347 e. The molecule has 32 heavy (non-hydrogen) atoms. The zero-order valence-corrected chi connectivity index (χ0v) is 19.2. The lowest BCUT2D eigenvalue weighted by molar-refractivity contribution is -0.127. The van der Waals surface area contributed by atoms with E-state index in [1.807, 2.05) is 36.7 Å². The van der Waals surface area contributed by atoms with Crippen LogP contribution >= 0.6 is 11.6 Å². The fraction of sp³-hybridized carbons (Fsp3) is 0.250. The summed E-state index contributed by atoms with van der Waals surface area (Å²) in [6.45, 7) is 4.43. The molecule has 0 radical (unpaired) electrons. The van der Waals surface area contributed by atoms with E-state index in [2.05, 4.69) is 16.5 Å². The highest BCUT2D eigenvalue weighted by atomic mass is 35.5. The average molecular weight is 450 g/mol. The van der Waals surface area contributed by atoms with Crippen molar-refractivity contribution in [1.82, 2.24) is 20.0 Å². The van der Waals surface area contributed by atoms with E-state index in [0.29, 0.717) is 22.7 Å². The van der Waals surface area contributed by atoms with E-state index in [-0.39, 0.29) is 18.4 Å². The number of hydrogen-bond donors (Lipinski definition) is 1. The molecular formula is C24H24ClN5O2. The Bertz CT molecular complexity index is 1210. The maximum Gasteiger partial charge on any atom is 0.251 e. The van der Waals surface area contributed by atoms with Crippen LogP contribution in [0.2, 0.25) is 5.02 Å². The fourth-order valence-corrected chi connectivity index (χ4v) is 3.60. The SMILES string of the molecule is Cc1nn(Cc2ccc(C(=O)NCC(=O)N(C)C)cc2)c(C)c1-c1ccc(C#N)c(Cl)c1. The Morgan fingerprint density at radius 1 is 1.16 bits per heavy atom. The van der Waals surface area contributed by atoms with Crippen LogP contribution in [0.1, 0.15) is 32.9 Å². The van der Waals surface area contributed by atoms with E-state index < -0.39 is 0 Å². The van der Waals surface area contributed by atoms with Gasteiger partial charge in [-0.05, 0) is 49.2 Å². The minimum absolute atomic E-state index is 0.0402. The van der Waals surface area contributed by atoms with Crippen molar-refractivity contribution in [2.45, 2.75) is 20.4 Å². The van der Waals surface area contributed by atoms with Gasteiger partial charge in [-0.3, -0.25) is 14.3 Å². The second-order valence-electron chi connectivity index (χ2n) is 7.68. The Balaban J connectivity index is 1.75. The highest BCUT2D eigenvalue weighted by molar-refractivity contribution is 6.32. The molecule has 2 aromatic carbocycles. The van der Waals surface area contributed by atoms with Gasteiger partial charge in [0.05, 0.1) is 29.4 Å². The highest BCUT2D eigenvalue weighted by Gasteiger charge is 2.15. The zero-order chi connectivity index (χ0) is 23.4. The molecule has 0 atom stereocenters. The third-order valence-corrected chi connectivity index (χ3v) is 5.52. The molecule has 0 aliphatic heterocycles. The Morgan fingerprint density at radius 2 is 1.84 bits per heavy atom. The lowest BCUT2D eigenvalue weighted by Crippen LogP contribution is -2.36. The number of aromatic nitrogens is 2. The standard InChI is InChI=1S/C24H24ClN5O2/c1-15-23(19-9-10-20(12-26)21(25)11-19)16(2)30(28-15)14-17-5-7-18(8-6-17)24(32)27-13-22(31)29(3)4/h5-11H,13-14H2,1-4H3,(H,27,32). The molecule has 164 valence electrons. The van der Waals surface area contributed by atoms with Crippen LogP contribution in [0.15, 0.2) is 42.5 Å². The van der Waals surface area contributed by atoms with Gasteiger partial charge in [0, 0.05) is 30.9 Å². The Kier molecular flexibility index (Phi) is 6.96. The van der Waals surface area contributed by atoms with Crippen LogP contribution in [0, 0.1) is 25.2 Å². The number of likely N-dealkylation sites (N-methyl/N-ethyl adjacent to an activating group) is 1. The normalized spacial score (nSPS) is 10.5. The highest BCUT2D eigenvalue weighted by Crippen LogP contribution is 2.30. The van der Waals surface area contributed by atoms with E-state index in [4.69, 9.17) is 16.9 Å². The summed E-state index contributed by atoms with van der Waals surface area (Å²) >= 11 is 6.21. The van der Waals surface area contributed by atoms with Gasteiger partial charge in [-0.15, -0.1) is 0 Å². The molecule has 0 saturated heterocycles. The van der Waals surface area contributed by atoms with E-state index in [9.17, 15) is 9.59 Å². The molecule has 2 amide bonds. The summed E-state index contributed by atoms with van der Waals surface area (Å²) in [5, 5.41) is 16.8. The maximum absolute atomic E-state index is 12.2. The largest absolute Gasteiger partial charge is 0.347 e. The number of nitriles is 1. The number of carbonyl (C=O) groups is 2. The third kappa shape index (κ3) is 4.98. The lowest BCUT2D eigenvalue weighted by atomic mass is 10.0. The lowest BCUT2D eigenvalue weighted by Gasteiger charge is -2.11. The van der Waals surface area contributed by atoms with Gasteiger partial charge in [-0.2, -0.15) is 10.4 Å². The molecule has 3 aromatic rings. The molecule has 0 saturated carbocycles. The van der Waals surface area contributed by atoms with Crippen molar-refractivity contribution in [1.29, 1.82) is 5.26 Å². The van der Waals surface area contributed by atoms with E-state index >= 15 is 0 Å². The average Bonchev–Trinajstić information content (AvgIpc) is 3.04. The predicted molar refractivity (Wildman–Crippen MR) is 123 cm³/mol. The molecule has 0 spiro atoms. The van der Waals surface area contributed by atoms with Gasteiger partial charge in [0.1, 0.15) is 6.07 Å². The molecule has 8 heteroatoms. The second kappa shape index (κ2) is 9.67. The van der Waals surface area contributed by atoms with Crippen LogP contribution < -0.4 is 5.32 Å². The van der Waals surface area contributed by atoms with Crippen molar-refractivity contribution < 1.29 is 9.59 Å². The number of nitrogens with zero attached hydrogens (tertiary/aromatic N) is 4. The van der Waals surface area contributed by atoms with E-state index in [1.165, 1.54) is 4.90 Å². The van der Waals surface area contributed by atoms with Crippen LogP contribution in [0.4, 0.5) is 0 Å². The van der Waals surface area contributed by atoms with Crippen LogP contribution in [0.25, 0.3) is 11.1 Å². The zero-order valence-electron chi connectivity index (χ0n) is 18.4. The Hall–Kier alpha value is -3.63. The number of carbonyl (C=O) groups excluding carboxylic acids is 2. The first-order valence-electron chi connectivity index (χ1n) is 10.0. The van der Waals surface area contributed by atoms with Crippen LogP contribution in [0.5, 0.6) is 0 Å². The summed E-state index contributed by atoms with van der Waals surface area (Å²) < 4.78 is 1.90. The summed E-state index contributed by atoms with van der Waals surface area (Å²) in [7, 11) is 3.28. The first kappa shape index (κ1) is 23.0. The molecule has 0 unspecified atom stereocenters. The van der Waals surface area contributed by atoms with Gasteiger partial charge in [0.2, 0.25) is 5.91 Å². The van der Waals surface area contributed by atoms with Gasteiger partial charge >= 0.3 is 0 Å². The van der Waals surface area contributed by atoms with Gasteiger partial charge in [-0.25, -0.2) is 0 Å². The molecular weight excluding hydrogens is 426 g/mol. The molecule has 0 aliphatic carbocycles. The predicted octanol–water partition coefficient (Wildman–Crippen LogP) is 3.56. The van der Waals surface area contributed by atoms with Crippen molar-refractivity contribution >= 4 is 23.4 Å². The fourth-order valence-electron chi connectivity index (χ4n) is 3.38. The molecule has 1 heterocycles. The van der Waals surface area contributed by atoms with Crippen molar-refractivity contribution in [2.75, 3.05) is 20.6 Å². The third-order valence-electron chi connectivity index (χ3n) is 5.21. The van der Waals surface area contributed by atoms with Crippen LogP contribution in [-0.2, 0) is 11.3 Å². The number of amides is 2. The topological polar surface area (TPSA) is 91.0 Å². The van der Waals surface area contributed by atoms with Crippen LogP contribution in [-0.4, -0.2) is 47.1 Å². The molecule has 0 bridgehead atoms. The van der Waals surface area contributed by atoms with Gasteiger partial charge in [0.15, 0.2) is 0 Å². The quantitative estimate of drug-likeness (QED) is 0.622. The summed E-state index contributed by atoms with van der Waals surface area (Å²) in [5.74, 6) is -0.461. The molecule has 3 rings (SSSR count). The smallest absolute Gasteiger partial charge is 0.251 e. The van der Waals surface area contributed by atoms with Crippen molar-refractivity contribution in [3.8, 4) is 17.2 Å². The molecule has 7 nitrogen and oxygen atoms in total. The maximum atomic E-state index is 12.2. The van der Waals surface area contributed by atoms with Crippen LogP contribution in [0.3, 0.4) is 0 Å². The van der Waals surface area contributed by atoms with Gasteiger partial charge < -0.3 is 10.2 Å². The summed E-state index contributed by atoms with van der Waals surface area (Å²) in [6, 6.07) is 14.7. The number of aryl methyl sites for hydroxylation is 1. The summed E-state index contributed by atoms with van der Waals surface area (Å²) in [4.78, 5) is 25.3. The van der Waals surface area contributed by atoms with Crippen molar-refractivity contribution in [2.24, 2.45) is 0 Å². The second-order valence-corrected chi connectivity index (χ2v) is 8.08. The van der Waals surface area contributed by atoms with E-state index in [1.54, 1.807) is 38.4 Å². The number of benzene rings is 2. The summed E-state index contributed by atoms with van der Waals surface area (Å²) in [6.07, 6.45) is 0.